The summed E-state index contributed by atoms with van der Waals surface area (Å²) in [5.74, 6) is 0.0959. The molecule has 3 aromatic rings. The van der Waals surface area contributed by atoms with Crippen LogP contribution in [0.15, 0.2) is 24.5 Å². The summed E-state index contributed by atoms with van der Waals surface area (Å²) >= 11 is 0. The standard InChI is InChI=1S/C23H21FN6O3/c1-11-16(9-29-22-21(11)27-2-3-32-22)15-6-13-7-18(28-10-17(13)20(26)19(15)24)30-23(31)33-14-4-12(5-14)8-25/h6-7,9-10,12,14,27H,2-5,26H2,1H3,(H,28,30,31)/t12-,14+. The minimum atomic E-state index is -0.653. The van der Waals surface area contributed by atoms with Crippen molar-refractivity contribution in [1.82, 2.24) is 9.97 Å². The molecule has 1 aliphatic heterocycles. The fourth-order valence-electron chi connectivity index (χ4n) is 4.11. The van der Waals surface area contributed by atoms with Gasteiger partial charge in [0.15, 0.2) is 5.82 Å². The van der Waals surface area contributed by atoms with Gasteiger partial charge in [0.2, 0.25) is 5.88 Å². The Hall–Kier alpha value is -4.13. The second-order valence-electron chi connectivity index (χ2n) is 8.14. The molecule has 33 heavy (non-hydrogen) atoms. The van der Waals surface area contributed by atoms with Crippen LogP contribution >= 0.6 is 0 Å². The number of nitrogens with one attached hydrogen (secondary N) is 2. The van der Waals surface area contributed by atoms with Gasteiger partial charge in [-0.2, -0.15) is 5.26 Å². The van der Waals surface area contributed by atoms with Crippen molar-refractivity contribution in [1.29, 1.82) is 5.26 Å². The number of nitrogens with two attached hydrogens (primary N) is 1. The van der Waals surface area contributed by atoms with Crippen LogP contribution in [0.5, 0.6) is 5.88 Å². The lowest BCUT2D eigenvalue weighted by Gasteiger charge is -2.29. The highest BCUT2D eigenvalue weighted by atomic mass is 19.1. The number of carbonyl (C=O) groups excluding carboxylic acids is 1. The summed E-state index contributed by atoms with van der Waals surface area (Å²) < 4.78 is 26.1. The maximum atomic E-state index is 15.2. The third-order valence-electron chi connectivity index (χ3n) is 6.02. The quantitative estimate of drug-likeness (QED) is 0.512. The molecule has 5 rings (SSSR count). The van der Waals surface area contributed by atoms with E-state index in [-0.39, 0.29) is 29.1 Å². The first kappa shape index (κ1) is 20.8. The minimum absolute atomic E-state index is 0.0394. The molecule has 168 valence electrons. The number of carbonyl (C=O) groups is 1. The predicted molar refractivity (Wildman–Crippen MR) is 120 cm³/mol. The van der Waals surface area contributed by atoms with E-state index in [1.807, 2.05) is 6.92 Å². The normalized spacial score (nSPS) is 18.8. The van der Waals surface area contributed by atoms with Crippen LogP contribution in [-0.2, 0) is 4.74 Å². The van der Waals surface area contributed by atoms with Gasteiger partial charge in [-0.1, -0.05) is 0 Å². The van der Waals surface area contributed by atoms with Crippen LogP contribution in [0.4, 0.5) is 26.4 Å². The van der Waals surface area contributed by atoms with E-state index in [1.54, 1.807) is 18.3 Å². The second kappa shape index (κ2) is 8.09. The maximum Gasteiger partial charge on any atom is 0.413 e. The molecular formula is C23H21FN6O3. The SMILES string of the molecule is Cc1c(-c2cc3cc(NC(=O)O[C@H]4C[C@@H](C#N)C4)ncc3c(N)c2F)cnc2c1NCCO2. The number of fused-ring (bicyclic) bond motifs is 2. The van der Waals surface area contributed by atoms with E-state index in [0.29, 0.717) is 48.2 Å². The third kappa shape index (κ3) is 3.71. The van der Waals surface area contributed by atoms with E-state index in [0.717, 1.165) is 11.3 Å². The van der Waals surface area contributed by atoms with Crippen molar-refractivity contribution in [2.75, 3.05) is 29.5 Å². The average Bonchev–Trinajstić information content (AvgIpc) is 2.79. The molecule has 9 nitrogen and oxygen atoms in total. The molecule has 10 heteroatoms. The van der Waals surface area contributed by atoms with Crippen molar-refractivity contribution in [3.05, 3.63) is 35.9 Å². The molecule has 1 aromatic carbocycles. The number of aromatic nitrogens is 2. The lowest BCUT2D eigenvalue weighted by Crippen LogP contribution is -2.34. The average molecular weight is 448 g/mol. The Morgan fingerprint density at radius 1 is 1.33 bits per heavy atom. The molecular weight excluding hydrogens is 427 g/mol. The number of nitrogen functional groups attached to an aromatic ring is 1. The fraction of sp³-hybridized carbons (Fsp3) is 0.304. The van der Waals surface area contributed by atoms with Crippen LogP contribution in [-0.4, -0.2) is 35.3 Å². The smallest absolute Gasteiger partial charge is 0.413 e. The number of nitriles is 1. The van der Waals surface area contributed by atoms with E-state index in [1.165, 1.54) is 6.20 Å². The largest absolute Gasteiger partial charge is 0.474 e. The van der Waals surface area contributed by atoms with Gasteiger partial charge in [-0.25, -0.2) is 19.2 Å². The van der Waals surface area contributed by atoms with Crippen molar-refractivity contribution >= 4 is 34.1 Å². The number of anilines is 3. The molecule has 0 spiro atoms. The number of benzene rings is 1. The van der Waals surface area contributed by atoms with Crippen LogP contribution in [0.2, 0.25) is 0 Å². The Bertz CT molecular complexity index is 1320. The second-order valence-corrected chi connectivity index (χ2v) is 8.14. The molecule has 0 radical (unpaired) electrons. The van der Waals surface area contributed by atoms with Crippen LogP contribution in [0.1, 0.15) is 18.4 Å². The number of pyridine rings is 2. The summed E-state index contributed by atoms with van der Waals surface area (Å²) in [7, 11) is 0. The summed E-state index contributed by atoms with van der Waals surface area (Å²) in [6.07, 6.45) is 3.11. The minimum Gasteiger partial charge on any atom is -0.474 e. The molecule has 1 fully saturated rings. The fourth-order valence-corrected chi connectivity index (χ4v) is 4.11. The van der Waals surface area contributed by atoms with Crippen LogP contribution in [0.25, 0.3) is 21.9 Å². The lowest BCUT2D eigenvalue weighted by molar-refractivity contribution is 0.0418. The lowest BCUT2D eigenvalue weighted by atomic mass is 9.84. The van der Waals surface area contributed by atoms with Crippen LogP contribution < -0.4 is 21.1 Å². The molecule has 3 heterocycles. The van der Waals surface area contributed by atoms with Crippen molar-refractivity contribution in [2.45, 2.75) is 25.9 Å². The molecule has 0 saturated heterocycles. The van der Waals surface area contributed by atoms with Gasteiger partial charge >= 0.3 is 6.09 Å². The van der Waals surface area contributed by atoms with Gasteiger partial charge in [0.05, 0.1) is 17.7 Å². The molecule has 1 aliphatic carbocycles. The van der Waals surface area contributed by atoms with Crippen LogP contribution in [0, 0.1) is 30.0 Å². The number of ether oxygens (including phenoxy) is 2. The number of halogens is 1. The van der Waals surface area contributed by atoms with E-state index in [9.17, 15) is 4.79 Å². The molecule has 1 amide bonds. The number of nitrogens with zero attached hydrogens (tertiary/aromatic N) is 3. The molecule has 0 unspecified atom stereocenters. The highest BCUT2D eigenvalue weighted by molar-refractivity contribution is 5.99. The zero-order valence-corrected chi connectivity index (χ0v) is 17.8. The summed E-state index contributed by atoms with van der Waals surface area (Å²) in [5.41, 5.74) is 8.46. The summed E-state index contributed by atoms with van der Waals surface area (Å²) in [6.45, 7) is 3.02. The van der Waals surface area contributed by atoms with Gasteiger partial charge in [0, 0.05) is 48.3 Å². The Kier molecular flexibility index (Phi) is 5.09. The zero-order valence-electron chi connectivity index (χ0n) is 17.8. The van der Waals surface area contributed by atoms with Crippen molar-refractivity contribution in [2.24, 2.45) is 5.92 Å². The Morgan fingerprint density at radius 2 is 2.15 bits per heavy atom. The van der Waals surface area contributed by atoms with E-state index in [2.05, 4.69) is 26.7 Å². The predicted octanol–water partition coefficient (Wildman–Crippen LogP) is 3.98. The van der Waals surface area contributed by atoms with Gasteiger partial charge in [-0.15, -0.1) is 0 Å². The van der Waals surface area contributed by atoms with Crippen molar-refractivity contribution < 1.29 is 18.7 Å². The third-order valence-corrected chi connectivity index (χ3v) is 6.02. The Labute approximate surface area is 188 Å². The molecule has 0 bridgehead atoms. The van der Waals surface area contributed by atoms with Crippen LogP contribution in [0.3, 0.4) is 0 Å². The Balaban J connectivity index is 1.46. The first-order valence-corrected chi connectivity index (χ1v) is 10.6. The number of amides is 1. The molecule has 2 aliphatic rings. The first-order valence-electron chi connectivity index (χ1n) is 10.6. The van der Waals surface area contributed by atoms with Gasteiger partial charge in [0.25, 0.3) is 0 Å². The van der Waals surface area contributed by atoms with Crippen molar-refractivity contribution in [3.8, 4) is 23.1 Å². The molecule has 2 aromatic heterocycles. The topological polar surface area (TPSA) is 135 Å². The molecule has 4 N–H and O–H groups in total. The van der Waals surface area contributed by atoms with Crippen molar-refractivity contribution in [3.63, 3.8) is 0 Å². The van der Waals surface area contributed by atoms with Gasteiger partial charge in [0.1, 0.15) is 24.2 Å². The Morgan fingerprint density at radius 3 is 2.94 bits per heavy atom. The molecule has 0 atom stereocenters. The number of hydrogen-bond donors (Lipinski definition) is 3. The van der Waals surface area contributed by atoms with Gasteiger partial charge in [-0.3, -0.25) is 5.32 Å². The summed E-state index contributed by atoms with van der Waals surface area (Å²) in [5, 5.41) is 15.7. The monoisotopic (exact) mass is 448 g/mol. The highest BCUT2D eigenvalue weighted by Gasteiger charge is 2.32. The van der Waals surface area contributed by atoms with E-state index >= 15 is 4.39 Å². The van der Waals surface area contributed by atoms with Gasteiger partial charge in [-0.05, 0) is 30.0 Å². The maximum absolute atomic E-state index is 15.2. The first-order chi connectivity index (χ1) is 15.9. The van der Waals surface area contributed by atoms with E-state index < -0.39 is 11.9 Å². The highest BCUT2D eigenvalue weighted by Crippen LogP contribution is 2.39. The number of hydrogen-bond acceptors (Lipinski definition) is 8. The number of rotatable bonds is 3. The zero-order chi connectivity index (χ0) is 23.1. The van der Waals surface area contributed by atoms with E-state index in [4.69, 9.17) is 20.5 Å². The van der Waals surface area contributed by atoms with Gasteiger partial charge < -0.3 is 20.5 Å². The molecule has 1 saturated carbocycles. The summed E-state index contributed by atoms with van der Waals surface area (Å²) in [6, 6.07) is 5.41. The summed E-state index contributed by atoms with van der Waals surface area (Å²) in [4.78, 5) is 20.6.